The van der Waals surface area contributed by atoms with Gasteiger partial charge in [-0.1, -0.05) is 0 Å². The predicted molar refractivity (Wildman–Crippen MR) is 107 cm³/mol. The van der Waals surface area contributed by atoms with Crippen LogP contribution in [-0.2, 0) is 28.4 Å². The first kappa shape index (κ1) is 22.4. The lowest BCUT2D eigenvalue weighted by atomic mass is 9.54. The lowest BCUT2D eigenvalue weighted by Gasteiger charge is -2.56. The van der Waals surface area contributed by atoms with Gasteiger partial charge in [0.05, 0.1) is 71.7 Å². The van der Waals surface area contributed by atoms with Gasteiger partial charge < -0.3 is 28.4 Å². The van der Waals surface area contributed by atoms with Gasteiger partial charge in [0.25, 0.3) is 0 Å². The third-order valence-corrected chi connectivity index (χ3v) is 6.31. The van der Waals surface area contributed by atoms with E-state index < -0.39 is 0 Å². The van der Waals surface area contributed by atoms with Crippen LogP contribution in [0.2, 0.25) is 0 Å². The molecule has 4 rings (SSSR count). The van der Waals surface area contributed by atoms with Gasteiger partial charge in [-0.25, -0.2) is 0 Å². The van der Waals surface area contributed by atoms with E-state index in [1.165, 1.54) is 38.5 Å². The minimum atomic E-state index is 0.193. The summed E-state index contributed by atoms with van der Waals surface area (Å²) in [7, 11) is 0. The fraction of sp³-hybridized carbons (Fsp3) is 1.00. The summed E-state index contributed by atoms with van der Waals surface area (Å²) in [6.45, 7) is 8.95. The molecule has 0 radical (unpaired) electrons. The molecule has 0 aromatic carbocycles. The van der Waals surface area contributed by atoms with E-state index in [4.69, 9.17) is 28.4 Å². The summed E-state index contributed by atoms with van der Waals surface area (Å²) < 4.78 is 33.6. The maximum atomic E-state index is 6.35. The van der Waals surface area contributed by atoms with Crippen LogP contribution in [0.3, 0.4) is 0 Å². The SMILES string of the molecule is CCOCCOCCOCCOCCOCCOC12CC3CC(CC(C3)C1)C2. The molecule has 0 amide bonds. The van der Waals surface area contributed by atoms with Gasteiger partial charge in [-0.15, -0.1) is 0 Å². The molecule has 0 aliphatic heterocycles. The van der Waals surface area contributed by atoms with Crippen molar-refractivity contribution in [1.29, 1.82) is 0 Å². The van der Waals surface area contributed by atoms with Crippen LogP contribution in [0, 0.1) is 17.8 Å². The molecular weight excluding hydrogens is 360 g/mol. The molecule has 164 valence electrons. The fourth-order valence-corrected chi connectivity index (χ4v) is 5.55. The molecule has 0 aromatic rings. The van der Waals surface area contributed by atoms with Gasteiger partial charge in [-0.05, 0) is 63.2 Å². The summed E-state index contributed by atoms with van der Waals surface area (Å²) >= 11 is 0. The zero-order chi connectivity index (χ0) is 19.5. The fourth-order valence-electron chi connectivity index (χ4n) is 5.55. The van der Waals surface area contributed by atoms with Crippen LogP contribution in [-0.4, -0.2) is 78.3 Å². The van der Waals surface area contributed by atoms with Crippen molar-refractivity contribution in [3.63, 3.8) is 0 Å². The molecule has 6 nitrogen and oxygen atoms in total. The molecule has 4 bridgehead atoms. The minimum Gasteiger partial charge on any atom is -0.379 e. The van der Waals surface area contributed by atoms with E-state index in [1.807, 2.05) is 6.92 Å². The molecule has 0 aromatic heterocycles. The van der Waals surface area contributed by atoms with E-state index in [1.54, 1.807) is 0 Å². The Bertz CT molecular complexity index is 381. The number of hydrogen-bond acceptors (Lipinski definition) is 6. The molecule has 0 atom stereocenters. The molecular formula is C22H40O6. The molecule has 6 heteroatoms. The van der Waals surface area contributed by atoms with E-state index >= 15 is 0 Å². The first-order chi connectivity index (χ1) is 13.8. The topological polar surface area (TPSA) is 55.4 Å². The second-order valence-corrected chi connectivity index (χ2v) is 8.60. The Labute approximate surface area is 170 Å². The van der Waals surface area contributed by atoms with Crippen molar-refractivity contribution in [3.05, 3.63) is 0 Å². The Morgan fingerprint density at radius 2 is 0.893 bits per heavy atom. The minimum absolute atomic E-state index is 0.193. The summed E-state index contributed by atoms with van der Waals surface area (Å²) in [5.74, 6) is 2.80. The third-order valence-electron chi connectivity index (χ3n) is 6.31. The van der Waals surface area contributed by atoms with Gasteiger partial charge in [0.1, 0.15) is 0 Å². The Hall–Kier alpha value is -0.240. The lowest BCUT2D eigenvalue weighted by Crippen LogP contribution is -2.52. The quantitative estimate of drug-likeness (QED) is 0.350. The van der Waals surface area contributed by atoms with Crippen LogP contribution in [0.5, 0.6) is 0 Å². The van der Waals surface area contributed by atoms with Crippen molar-refractivity contribution < 1.29 is 28.4 Å². The highest BCUT2D eigenvalue weighted by Gasteiger charge is 2.51. The molecule has 0 saturated heterocycles. The van der Waals surface area contributed by atoms with Crippen LogP contribution in [0.1, 0.15) is 45.4 Å². The van der Waals surface area contributed by atoms with Crippen LogP contribution < -0.4 is 0 Å². The maximum absolute atomic E-state index is 6.35. The molecule has 28 heavy (non-hydrogen) atoms. The zero-order valence-corrected chi connectivity index (χ0v) is 17.7. The van der Waals surface area contributed by atoms with Crippen LogP contribution in [0.4, 0.5) is 0 Å². The van der Waals surface area contributed by atoms with Gasteiger partial charge in [0.15, 0.2) is 0 Å². The molecule has 4 aliphatic rings. The highest BCUT2D eigenvalue weighted by Crippen LogP contribution is 2.57. The van der Waals surface area contributed by atoms with Crippen molar-refractivity contribution in [2.75, 3.05) is 72.7 Å². The summed E-state index contributed by atoms with van der Waals surface area (Å²) in [5.41, 5.74) is 0.193. The summed E-state index contributed by atoms with van der Waals surface area (Å²) in [4.78, 5) is 0. The van der Waals surface area contributed by atoms with Crippen molar-refractivity contribution in [1.82, 2.24) is 0 Å². The molecule has 0 N–H and O–H groups in total. The summed E-state index contributed by atoms with van der Waals surface area (Å²) in [6, 6.07) is 0. The zero-order valence-electron chi connectivity index (χ0n) is 17.7. The Balaban J connectivity index is 1.07. The summed E-state index contributed by atoms with van der Waals surface area (Å²) in [6.07, 6.45) is 8.25. The van der Waals surface area contributed by atoms with Gasteiger partial charge >= 0.3 is 0 Å². The van der Waals surface area contributed by atoms with Crippen LogP contribution >= 0.6 is 0 Å². The average molecular weight is 401 g/mol. The monoisotopic (exact) mass is 400 g/mol. The lowest BCUT2D eigenvalue weighted by molar-refractivity contribution is -0.169. The Kier molecular flexibility index (Phi) is 9.98. The van der Waals surface area contributed by atoms with E-state index in [-0.39, 0.29) is 5.60 Å². The normalized spacial score (nSPS) is 31.0. The van der Waals surface area contributed by atoms with E-state index in [9.17, 15) is 0 Å². The average Bonchev–Trinajstić information content (AvgIpc) is 2.66. The highest BCUT2D eigenvalue weighted by atomic mass is 16.6. The van der Waals surface area contributed by atoms with Crippen molar-refractivity contribution in [2.24, 2.45) is 17.8 Å². The van der Waals surface area contributed by atoms with E-state index in [0.717, 1.165) is 31.0 Å². The van der Waals surface area contributed by atoms with Gasteiger partial charge in [0, 0.05) is 6.61 Å². The van der Waals surface area contributed by atoms with Crippen LogP contribution in [0.15, 0.2) is 0 Å². The molecule has 4 aliphatic carbocycles. The third kappa shape index (κ3) is 7.54. The molecule has 4 saturated carbocycles. The van der Waals surface area contributed by atoms with E-state index in [0.29, 0.717) is 59.5 Å². The molecule has 0 unspecified atom stereocenters. The summed E-state index contributed by atoms with van der Waals surface area (Å²) in [5, 5.41) is 0. The van der Waals surface area contributed by atoms with Crippen LogP contribution in [0.25, 0.3) is 0 Å². The van der Waals surface area contributed by atoms with Gasteiger partial charge in [-0.3, -0.25) is 0 Å². The van der Waals surface area contributed by atoms with E-state index in [2.05, 4.69) is 0 Å². The smallest absolute Gasteiger partial charge is 0.0708 e. The molecule has 0 heterocycles. The first-order valence-electron chi connectivity index (χ1n) is 11.3. The second-order valence-electron chi connectivity index (χ2n) is 8.60. The highest BCUT2D eigenvalue weighted by molar-refractivity contribution is 5.03. The standard InChI is InChI=1S/C22H40O6/c1-2-23-3-4-24-5-6-25-7-8-26-9-10-27-11-12-28-22-16-19-13-20(17-22)15-21(14-19)18-22/h19-21H,2-18H2,1H3. The first-order valence-corrected chi connectivity index (χ1v) is 11.3. The maximum Gasteiger partial charge on any atom is 0.0708 e. The largest absolute Gasteiger partial charge is 0.379 e. The number of hydrogen-bond donors (Lipinski definition) is 0. The molecule has 0 spiro atoms. The molecule has 4 fully saturated rings. The van der Waals surface area contributed by atoms with Crippen molar-refractivity contribution in [2.45, 2.75) is 51.0 Å². The number of ether oxygens (including phenoxy) is 6. The second kappa shape index (κ2) is 12.5. The number of rotatable bonds is 17. The Morgan fingerprint density at radius 1 is 0.536 bits per heavy atom. The van der Waals surface area contributed by atoms with Gasteiger partial charge in [0.2, 0.25) is 0 Å². The van der Waals surface area contributed by atoms with Crippen molar-refractivity contribution >= 4 is 0 Å². The Morgan fingerprint density at radius 3 is 1.29 bits per heavy atom. The van der Waals surface area contributed by atoms with Gasteiger partial charge in [-0.2, -0.15) is 0 Å². The van der Waals surface area contributed by atoms with Crippen molar-refractivity contribution in [3.8, 4) is 0 Å². The predicted octanol–water partition coefficient (Wildman–Crippen LogP) is 3.07.